The van der Waals surface area contributed by atoms with Crippen molar-refractivity contribution in [2.24, 2.45) is 0 Å². The number of allylic oxidation sites excluding steroid dienone is 2. The fourth-order valence-electron chi connectivity index (χ4n) is 4.72. The van der Waals surface area contributed by atoms with Crippen LogP contribution in [0.5, 0.6) is 0 Å². The molecule has 1 heterocycles. The molecule has 1 aliphatic heterocycles. The summed E-state index contributed by atoms with van der Waals surface area (Å²) in [7, 11) is 0. The summed E-state index contributed by atoms with van der Waals surface area (Å²) in [6, 6.07) is 17.5. The fraction of sp³-hybridized carbons (Fsp3) is 0.321. The van der Waals surface area contributed by atoms with Gasteiger partial charge in [0.15, 0.2) is 0 Å². The Morgan fingerprint density at radius 1 is 1.08 bits per heavy atom. The molecule has 2 aliphatic rings. The van der Waals surface area contributed by atoms with Gasteiger partial charge in [0.05, 0.1) is 28.3 Å². The Morgan fingerprint density at radius 2 is 1.78 bits per heavy atom. The van der Waals surface area contributed by atoms with E-state index in [1.165, 1.54) is 24.2 Å². The van der Waals surface area contributed by atoms with E-state index >= 15 is 0 Å². The van der Waals surface area contributed by atoms with Crippen molar-refractivity contribution in [3.8, 4) is 6.07 Å². The van der Waals surface area contributed by atoms with Crippen molar-refractivity contribution < 1.29 is 14.0 Å². The number of nitriles is 1. The van der Waals surface area contributed by atoms with Gasteiger partial charge in [0, 0.05) is 28.6 Å². The quantitative estimate of drug-likeness (QED) is 0.473. The Morgan fingerprint density at radius 3 is 2.47 bits per heavy atom. The number of dihydropyridines is 1. The molecule has 1 aliphatic carbocycles. The first-order valence-corrected chi connectivity index (χ1v) is 13.1. The molecule has 0 saturated heterocycles. The number of nitrogens with zero attached hydrogens (tertiary/aromatic N) is 1. The maximum absolute atomic E-state index is 15.0. The third-order valence-corrected chi connectivity index (χ3v) is 7.48. The van der Waals surface area contributed by atoms with E-state index in [2.05, 4.69) is 22.0 Å². The molecule has 2 aromatic carbocycles. The monoisotopic (exact) mass is 504 g/mol. The number of halogens is 1. The fourth-order valence-corrected chi connectivity index (χ4v) is 5.62. The lowest BCUT2D eigenvalue weighted by molar-refractivity contribution is -0.119. The zero-order valence-electron chi connectivity index (χ0n) is 20.1. The minimum absolute atomic E-state index is 0.102. The van der Waals surface area contributed by atoms with Gasteiger partial charge < -0.3 is 16.0 Å². The first kappa shape index (κ1) is 25.5. The number of benzene rings is 2. The highest BCUT2D eigenvalue weighted by molar-refractivity contribution is 8.03. The number of amides is 2. The molecule has 0 spiro atoms. The number of para-hydroxylation sites is 1. The average molecular weight is 505 g/mol. The Hall–Kier alpha value is -3.57. The lowest BCUT2D eigenvalue weighted by atomic mass is 9.82. The summed E-state index contributed by atoms with van der Waals surface area (Å²) in [5, 5.41) is 19.7. The Bertz CT molecular complexity index is 1230. The van der Waals surface area contributed by atoms with Crippen LogP contribution in [-0.4, -0.2) is 23.6 Å². The third kappa shape index (κ3) is 5.97. The normalized spacial score (nSPS) is 18.3. The molecule has 186 valence electrons. The van der Waals surface area contributed by atoms with Gasteiger partial charge in [0.1, 0.15) is 5.82 Å². The van der Waals surface area contributed by atoms with Gasteiger partial charge in [0.2, 0.25) is 5.91 Å². The average Bonchev–Trinajstić information content (AvgIpc) is 2.88. The molecule has 0 radical (unpaired) electrons. The number of thioether (sulfide) groups is 1. The smallest absolute Gasteiger partial charge is 0.254 e. The zero-order valence-corrected chi connectivity index (χ0v) is 21.0. The molecule has 2 aromatic rings. The summed E-state index contributed by atoms with van der Waals surface area (Å²) in [6.45, 7) is 1.73. The van der Waals surface area contributed by atoms with Crippen LogP contribution in [0, 0.1) is 17.1 Å². The van der Waals surface area contributed by atoms with Crippen molar-refractivity contribution in [1.82, 2.24) is 10.6 Å². The van der Waals surface area contributed by atoms with Gasteiger partial charge in [-0.3, -0.25) is 9.59 Å². The number of hydrogen-bond acceptors (Lipinski definition) is 5. The zero-order chi connectivity index (χ0) is 25.5. The molecule has 4 rings (SSSR count). The molecule has 1 fully saturated rings. The van der Waals surface area contributed by atoms with Gasteiger partial charge in [-0.2, -0.15) is 5.26 Å². The topological polar surface area (TPSA) is 94.0 Å². The van der Waals surface area contributed by atoms with Crippen molar-refractivity contribution in [3.05, 3.63) is 87.9 Å². The highest BCUT2D eigenvalue weighted by Gasteiger charge is 2.36. The van der Waals surface area contributed by atoms with Crippen LogP contribution >= 0.6 is 11.8 Å². The van der Waals surface area contributed by atoms with E-state index in [-0.39, 0.29) is 34.4 Å². The SMILES string of the molecule is CC1=C(C(=O)Nc2ccccc2)[C@H](c2ccccc2F)C(C#N)=C(SCC(=O)NC2CCCCC2)N1. The van der Waals surface area contributed by atoms with Crippen LogP contribution in [0.15, 0.2) is 76.5 Å². The molecule has 0 aromatic heterocycles. The molecular weight excluding hydrogens is 475 g/mol. The van der Waals surface area contributed by atoms with Gasteiger partial charge in [0.25, 0.3) is 5.91 Å². The van der Waals surface area contributed by atoms with Crippen LogP contribution in [0.4, 0.5) is 10.1 Å². The van der Waals surface area contributed by atoms with E-state index in [1.807, 2.05) is 6.07 Å². The molecule has 8 heteroatoms. The predicted octanol–water partition coefficient (Wildman–Crippen LogP) is 5.34. The Kier molecular flexibility index (Phi) is 8.44. The summed E-state index contributed by atoms with van der Waals surface area (Å²) in [6.07, 6.45) is 5.40. The summed E-state index contributed by atoms with van der Waals surface area (Å²) in [5.74, 6) is -1.83. The van der Waals surface area contributed by atoms with E-state index in [0.717, 1.165) is 25.7 Å². The highest BCUT2D eigenvalue weighted by Crippen LogP contribution is 2.41. The minimum Gasteiger partial charge on any atom is -0.353 e. The van der Waals surface area contributed by atoms with Gasteiger partial charge in [-0.15, -0.1) is 0 Å². The number of carbonyl (C=O) groups excluding carboxylic acids is 2. The molecule has 36 heavy (non-hydrogen) atoms. The van der Waals surface area contributed by atoms with Crippen LogP contribution in [0.1, 0.15) is 50.5 Å². The lowest BCUT2D eigenvalue weighted by Gasteiger charge is -2.30. The van der Waals surface area contributed by atoms with Gasteiger partial charge in [-0.25, -0.2) is 4.39 Å². The summed E-state index contributed by atoms with van der Waals surface area (Å²) in [5.41, 5.74) is 1.80. The number of nitrogens with one attached hydrogen (secondary N) is 3. The lowest BCUT2D eigenvalue weighted by Crippen LogP contribution is -2.37. The number of anilines is 1. The number of carbonyl (C=O) groups is 2. The van der Waals surface area contributed by atoms with Gasteiger partial charge in [-0.1, -0.05) is 67.4 Å². The molecular formula is C28H29FN4O2S. The molecule has 1 saturated carbocycles. The van der Waals surface area contributed by atoms with Crippen molar-refractivity contribution in [1.29, 1.82) is 5.26 Å². The first-order chi connectivity index (χ1) is 17.5. The van der Waals surface area contributed by atoms with Crippen molar-refractivity contribution in [2.45, 2.75) is 51.0 Å². The molecule has 0 bridgehead atoms. The van der Waals surface area contributed by atoms with Crippen molar-refractivity contribution in [3.63, 3.8) is 0 Å². The Labute approximate surface area is 215 Å². The van der Waals surface area contributed by atoms with E-state index in [9.17, 15) is 19.2 Å². The van der Waals surface area contributed by atoms with E-state index in [1.54, 1.807) is 49.4 Å². The van der Waals surface area contributed by atoms with Gasteiger partial charge in [-0.05, 0) is 38.0 Å². The van der Waals surface area contributed by atoms with Crippen LogP contribution in [0.25, 0.3) is 0 Å². The molecule has 6 nitrogen and oxygen atoms in total. The summed E-state index contributed by atoms with van der Waals surface area (Å²) in [4.78, 5) is 26.0. The molecule has 2 amide bonds. The molecule has 0 unspecified atom stereocenters. The maximum Gasteiger partial charge on any atom is 0.254 e. The van der Waals surface area contributed by atoms with Crippen LogP contribution in [-0.2, 0) is 9.59 Å². The van der Waals surface area contributed by atoms with Crippen molar-refractivity contribution in [2.75, 3.05) is 11.1 Å². The number of rotatable bonds is 7. The summed E-state index contributed by atoms with van der Waals surface area (Å²) < 4.78 is 15.0. The van der Waals surface area contributed by atoms with Gasteiger partial charge >= 0.3 is 0 Å². The maximum atomic E-state index is 15.0. The predicted molar refractivity (Wildman–Crippen MR) is 140 cm³/mol. The van der Waals surface area contributed by atoms with Crippen LogP contribution in [0.2, 0.25) is 0 Å². The van der Waals surface area contributed by atoms with Crippen molar-refractivity contribution >= 4 is 29.3 Å². The largest absolute Gasteiger partial charge is 0.353 e. The minimum atomic E-state index is -0.912. The second-order valence-corrected chi connectivity index (χ2v) is 9.97. The van der Waals surface area contributed by atoms with E-state index in [4.69, 9.17) is 0 Å². The van der Waals surface area contributed by atoms with E-state index < -0.39 is 17.6 Å². The Balaban J connectivity index is 1.61. The molecule has 1 atom stereocenters. The third-order valence-electron chi connectivity index (χ3n) is 6.46. The van der Waals surface area contributed by atoms with Crippen LogP contribution in [0.3, 0.4) is 0 Å². The van der Waals surface area contributed by atoms with Crippen LogP contribution < -0.4 is 16.0 Å². The standard InChI is InChI=1S/C28H29FN4O2S/c1-18-25(27(35)33-20-12-6-3-7-13-20)26(21-14-8-9-15-23(21)29)22(16-30)28(31-18)36-17-24(34)32-19-10-4-2-5-11-19/h3,6-9,12-15,19,26,31H,2,4-5,10-11,17H2,1H3,(H,32,34)(H,33,35)/t26-/m1/s1. The molecule has 3 N–H and O–H groups in total. The highest BCUT2D eigenvalue weighted by atomic mass is 32.2. The second-order valence-electron chi connectivity index (χ2n) is 8.98. The van der Waals surface area contributed by atoms with E-state index in [0.29, 0.717) is 16.4 Å². The first-order valence-electron chi connectivity index (χ1n) is 12.1. The summed E-state index contributed by atoms with van der Waals surface area (Å²) >= 11 is 1.20. The second kappa shape index (κ2) is 11.9. The number of hydrogen-bond donors (Lipinski definition) is 3.